The number of nitrogens with one attached hydrogen (secondary N) is 1. The largest absolute Gasteiger partial charge is 0.372 e. The fraction of sp³-hybridized carbons (Fsp3) is 0.417. The van der Waals surface area contributed by atoms with Crippen LogP contribution in [0.5, 0.6) is 0 Å². The van der Waals surface area contributed by atoms with E-state index in [0.29, 0.717) is 11.7 Å². The maximum Gasteiger partial charge on any atom is 0.181 e. The van der Waals surface area contributed by atoms with Crippen LogP contribution in [0.4, 0.5) is 5.82 Å². The van der Waals surface area contributed by atoms with E-state index in [1.54, 1.807) is 11.3 Å². The van der Waals surface area contributed by atoms with Gasteiger partial charge in [-0.3, -0.25) is 0 Å². The van der Waals surface area contributed by atoms with Crippen LogP contribution in [0.3, 0.4) is 0 Å². The Morgan fingerprint density at radius 1 is 1.28 bits per heavy atom. The molecule has 18 heavy (non-hydrogen) atoms. The summed E-state index contributed by atoms with van der Waals surface area (Å²) >= 11 is 5.16. The quantitative estimate of drug-likeness (QED) is 0.931. The number of hydrogen-bond acceptors (Lipinski definition) is 5. The summed E-state index contributed by atoms with van der Waals surface area (Å²) in [4.78, 5) is 13.5. The third-order valence-corrected chi connectivity index (χ3v) is 4.06. The Kier molecular flexibility index (Phi) is 3.97. The van der Waals surface area contributed by atoms with E-state index >= 15 is 0 Å². The summed E-state index contributed by atoms with van der Waals surface area (Å²) < 4.78 is 0.927. The van der Waals surface area contributed by atoms with Gasteiger partial charge in [-0.05, 0) is 28.8 Å². The highest BCUT2D eigenvalue weighted by molar-refractivity contribution is 9.10. The fourth-order valence-corrected chi connectivity index (χ4v) is 3.02. The molecule has 0 amide bonds. The number of thiazole rings is 1. The van der Waals surface area contributed by atoms with E-state index in [0.717, 1.165) is 26.7 Å². The van der Waals surface area contributed by atoms with Gasteiger partial charge in [-0.2, -0.15) is 0 Å². The van der Waals surface area contributed by atoms with Gasteiger partial charge in [-0.15, -0.1) is 11.3 Å². The van der Waals surface area contributed by atoms with Crippen LogP contribution in [0.15, 0.2) is 9.85 Å². The van der Waals surface area contributed by atoms with Crippen molar-refractivity contribution < 1.29 is 0 Å². The van der Waals surface area contributed by atoms with Gasteiger partial charge in [0.25, 0.3) is 0 Å². The molecule has 0 unspecified atom stereocenters. The van der Waals surface area contributed by atoms with Crippen LogP contribution >= 0.6 is 27.3 Å². The average molecular weight is 327 g/mol. The number of anilines is 1. The molecular formula is C12H15BrN4S. The Morgan fingerprint density at radius 2 is 2.00 bits per heavy atom. The molecule has 0 fully saturated rings. The Hall–Kier alpha value is -1.01. The highest BCUT2D eigenvalue weighted by atomic mass is 79.9. The molecular weight excluding hydrogens is 312 g/mol. The van der Waals surface area contributed by atoms with Crippen molar-refractivity contribution in [2.75, 3.05) is 12.4 Å². The molecule has 1 N–H and O–H groups in total. The van der Waals surface area contributed by atoms with Crippen LogP contribution in [-0.2, 0) is 0 Å². The number of aromatic nitrogens is 3. The minimum Gasteiger partial charge on any atom is -0.372 e. The Morgan fingerprint density at radius 3 is 2.50 bits per heavy atom. The van der Waals surface area contributed by atoms with Crippen LogP contribution < -0.4 is 5.32 Å². The zero-order valence-corrected chi connectivity index (χ0v) is 13.2. The summed E-state index contributed by atoms with van der Waals surface area (Å²) in [6, 6.07) is 0. The van der Waals surface area contributed by atoms with Gasteiger partial charge >= 0.3 is 0 Å². The number of hydrogen-bond donors (Lipinski definition) is 1. The van der Waals surface area contributed by atoms with E-state index in [-0.39, 0.29) is 0 Å². The minimum absolute atomic E-state index is 0.327. The topological polar surface area (TPSA) is 50.7 Å². The van der Waals surface area contributed by atoms with Crippen molar-refractivity contribution in [1.82, 2.24) is 15.0 Å². The van der Waals surface area contributed by atoms with Crippen LogP contribution in [0, 0.1) is 6.92 Å². The van der Waals surface area contributed by atoms with E-state index in [4.69, 9.17) is 0 Å². The molecule has 6 heteroatoms. The van der Waals surface area contributed by atoms with Crippen LogP contribution in [0.1, 0.15) is 30.5 Å². The maximum absolute atomic E-state index is 4.61. The molecule has 0 aliphatic rings. The summed E-state index contributed by atoms with van der Waals surface area (Å²) in [5, 5.41) is 6.10. The summed E-state index contributed by atoms with van der Waals surface area (Å²) in [7, 11) is 1.85. The smallest absolute Gasteiger partial charge is 0.181 e. The van der Waals surface area contributed by atoms with Crippen LogP contribution in [-0.4, -0.2) is 22.0 Å². The molecule has 0 saturated heterocycles. The Bertz CT molecular complexity index is 565. The third kappa shape index (κ3) is 2.54. The van der Waals surface area contributed by atoms with Gasteiger partial charge in [0, 0.05) is 12.4 Å². The fourth-order valence-electron chi connectivity index (χ4n) is 1.59. The van der Waals surface area contributed by atoms with Crippen molar-refractivity contribution in [1.29, 1.82) is 0 Å². The van der Waals surface area contributed by atoms with Crippen molar-refractivity contribution in [2.24, 2.45) is 0 Å². The van der Waals surface area contributed by atoms with Crippen molar-refractivity contribution in [3.05, 3.63) is 20.6 Å². The number of nitrogens with zero attached hydrogens (tertiary/aromatic N) is 3. The van der Waals surface area contributed by atoms with Gasteiger partial charge < -0.3 is 5.32 Å². The molecule has 0 spiro atoms. The van der Waals surface area contributed by atoms with Gasteiger partial charge in [-0.1, -0.05) is 13.8 Å². The first-order valence-corrected chi connectivity index (χ1v) is 7.38. The van der Waals surface area contributed by atoms with Gasteiger partial charge in [-0.25, -0.2) is 15.0 Å². The summed E-state index contributed by atoms with van der Waals surface area (Å²) in [5.41, 5.74) is 1.83. The monoisotopic (exact) mass is 326 g/mol. The van der Waals surface area contributed by atoms with Crippen molar-refractivity contribution in [3.63, 3.8) is 0 Å². The molecule has 2 aromatic rings. The van der Waals surface area contributed by atoms with Gasteiger partial charge in [0.1, 0.15) is 11.5 Å². The van der Waals surface area contributed by atoms with E-state index in [2.05, 4.69) is 50.0 Å². The minimum atomic E-state index is 0.327. The predicted molar refractivity (Wildman–Crippen MR) is 79.2 cm³/mol. The lowest BCUT2D eigenvalue weighted by Crippen LogP contribution is -2.04. The van der Waals surface area contributed by atoms with Crippen LogP contribution in [0.25, 0.3) is 11.5 Å². The van der Waals surface area contributed by atoms with Gasteiger partial charge in [0.2, 0.25) is 0 Å². The molecule has 96 valence electrons. The van der Waals surface area contributed by atoms with Gasteiger partial charge in [0.05, 0.1) is 15.2 Å². The Balaban J connectivity index is 2.58. The maximum atomic E-state index is 4.61. The first-order valence-electron chi connectivity index (χ1n) is 5.70. The zero-order chi connectivity index (χ0) is 13.3. The first-order chi connectivity index (χ1) is 8.52. The molecule has 2 rings (SSSR count). The highest BCUT2D eigenvalue weighted by Gasteiger charge is 2.16. The van der Waals surface area contributed by atoms with Crippen molar-refractivity contribution >= 4 is 33.1 Å². The second-order valence-corrected chi connectivity index (χ2v) is 6.11. The summed E-state index contributed by atoms with van der Waals surface area (Å²) in [6.07, 6.45) is 0. The lowest BCUT2D eigenvalue weighted by Gasteiger charge is -2.12. The third-order valence-electron chi connectivity index (χ3n) is 2.51. The Labute approximate surface area is 119 Å². The number of aryl methyl sites for hydroxylation is 1. The normalized spacial score (nSPS) is 11.0. The van der Waals surface area contributed by atoms with E-state index in [1.807, 2.05) is 19.4 Å². The van der Waals surface area contributed by atoms with Crippen molar-refractivity contribution in [3.8, 4) is 11.5 Å². The van der Waals surface area contributed by atoms with Crippen molar-refractivity contribution in [2.45, 2.75) is 26.7 Å². The van der Waals surface area contributed by atoms with Gasteiger partial charge in [0.15, 0.2) is 5.82 Å². The lowest BCUT2D eigenvalue weighted by molar-refractivity contribution is 0.809. The molecule has 0 atom stereocenters. The van der Waals surface area contributed by atoms with E-state index < -0.39 is 0 Å². The molecule has 0 bridgehead atoms. The standard InChI is InChI=1S/C12H15BrN4S/c1-6(2)10-9(13)12(14-4)17-11(16-10)8-5-18-7(3)15-8/h5-6H,1-4H3,(H,14,16,17). The number of halogens is 1. The molecule has 0 aliphatic carbocycles. The van der Waals surface area contributed by atoms with E-state index in [1.165, 1.54) is 0 Å². The zero-order valence-electron chi connectivity index (χ0n) is 10.8. The molecule has 2 aromatic heterocycles. The molecule has 0 saturated carbocycles. The first kappa shape index (κ1) is 13.4. The SMILES string of the molecule is CNc1nc(-c2csc(C)n2)nc(C(C)C)c1Br. The lowest BCUT2D eigenvalue weighted by atomic mass is 10.1. The van der Waals surface area contributed by atoms with E-state index in [9.17, 15) is 0 Å². The summed E-state index contributed by atoms with van der Waals surface area (Å²) in [6.45, 7) is 6.21. The molecule has 2 heterocycles. The second-order valence-electron chi connectivity index (χ2n) is 4.25. The summed E-state index contributed by atoms with van der Waals surface area (Å²) in [5.74, 6) is 1.80. The molecule has 0 aromatic carbocycles. The highest BCUT2D eigenvalue weighted by Crippen LogP contribution is 2.31. The molecule has 4 nitrogen and oxygen atoms in total. The molecule has 0 aliphatic heterocycles. The van der Waals surface area contributed by atoms with Crippen LogP contribution in [0.2, 0.25) is 0 Å². The predicted octanol–water partition coefficient (Wildman–Crippen LogP) is 3.84. The number of rotatable bonds is 3. The average Bonchev–Trinajstić information content (AvgIpc) is 2.76. The second kappa shape index (κ2) is 5.32. The molecule has 0 radical (unpaired) electrons.